The van der Waals surface area contributed by atoms with Crippen LogP contribution in [0.5, 0.6) is 5.75 Å². The molecule has 2 rings (SSSR count). The molecule has 2 aromatic rings. The first kappa shape index (κ1) is 16.1. The third kappa shape index (κ3) is 3.30. The third-order valence-electron chi connectivity index (χ3n) is 2.66. The van der Waals surface area contributed by atoms with Gasteiger partial charge in [0.25, 0.3) is 0 Å². The Balaban J connectivity index is 2.54. The first-order chi connectivity index (χ1) is 9.43. The highest BCUT2D eigenvalue weighted by Gasteiger charge is 2.18. The summed E-state index contributed by atoms with van der Waals surface area (Å²) >= 11 is 17.7. The van der Waals surface area contributed by atoms with Crippen LogP contribution < -0.4 is 4.74 Å². The van der Waals surface area contributed by atoms with Gasteiger partial charge in [0.15, 0.2) is 5.78 Å². The molecule has 0 aromatic heterocycles. The number of hydrogen-bond acceptors (Lipinski definition) is 2. The maximum absolute atomic E-state index is 12.6. The largest absolute Gasteiger partial charge is 0.495 e. The molecule has 0 N–H and O–H groups in total. The Bertz CT molecular complexity index is 689. The lowest BCUT2D eigenvalue weighted by Gasteiger charge is -2.09. The lowest BCUT2D eigenvalue weighted by molar-refractivity contribution is 0.103. The van der Waals surface area contributed by atoms with Crippen molar-refractivity contribution >= 4 is 67.5 Å². The number of ether oxygens (including phenoxy) is 1. The van der Waals surface area contributed by atoms with Crippen LogP contribution in [0.4, 0.5) is 0 Å². The summed E-state index contributed by atoms with van der Waals surface area (Å²) in [6, 6.07) is 8.59. The molecule has 0 heterocycles. The van der Waals surface area contributed by atoms with Crippen LogP contribution in [0.3, 0.4) is 0 Å². The van der Waals surface area contributed by atoms with Crippen LogP contribution in [0, 0.1) is 3.57 Å². The molecule has 2 nitrogen and oxygen atoms in total. The number of carbonyl (C=O) groups excluding carboxylic acids is 1. The van der Waals surface area contributed by atoms with Crippen molar-refractivity contribution in [3.05, 3.63) is 59.5 Å². The number of ketones is 1. The Morgan fingerprint density at radius 1 is 1.15 bits per heavy atom. The number of halogens is 4. The number of carbonyl (C=O) groups is 1. The fraction of sp³-hybridized carbons (Fsp3) is 0.0714. The Morgan fingerprint density at radius 2 is 1.85 bits per heavy atom. The highest BCUT2D eigenvalue weighted by molar-refractivity contribution is 14.1. The van der Waals surface area contributed by atoms with Gasteiger partial charge < -0.3 is 4.74 Å². The molecular formula is C14H8BrCl2IO2. The van der Waals surface area contributed by atoms with E-state index in [2.05, 4.69) is 38.5 Å². The quantitative estimate of drug-likeness (QED) is 0.418. The molecule has 0 amide bonds. The van der Waals surface area contributed by atoms with Crippen LogP contribution in [0.1, 0.15) is 15.9 Å². The summed E-state index contributed by atoms with van der Waals surface area (Å²) < 4.78 is 6.75. The molecule has 0 aliphatic carbocycles. The molecule has 0 fully saturated rings. The van der Waals surface area contributed by atoms with E-state index in [4.69, 9.17) is 27.9 Å². The van der Waals surface area contributed by atoms with Crippen LogP contribution in [0.2, 0.25) is 10.0 Å². The van der Waals surface area contributed by atoms with Crippen LogP contribution >= 0.6 is 61.7 Å². The van der Waals surface area contributed by atoms with Crippen LogP contribution in [-0.4, -0.2) is 12.9 Å². The predicted octanol–water partition coefficient (Wildman–Crippen LogP) is 5.60. The summed E-state index contributed by atoms with van der Waals surface area (Å²) in [6.07, 6.45) is 0. The van der Waals surface area contributed by atoms with Crippen LogP contribution in [0.15, 0.2) is 34.8 Å². The second-order valence-corrected chi connectivity index (χ2v) is 6.83. The minimum atomic E-state index is -0.190. The zero-order valence-electron chi connectivity index (χ0n) is 10.2. The van der Waals surface area contributed by atoms with Gasteiger partial charge in [0.05, 0.1) is 17.2 Å². The summed E-state index contributed by atoms with van der Waals surface area (Å²) in [4.78, 5) is 12.6. The van der Waals surface area contributed by atoms with Crippen molar-refractivity contribution in [2.75, 3.05) is 7.11 Å². The van der Waals surface area contributed by atoms with Gasteiger partial charge in [-0.25, -0.2) is 0 Å². The fourth-order valence-electron chi connectivity index (χ4n) is 1.68. The van der Waals surface area contributed by atoms with E-state index in [1.54, 1.807) is 12.1 Å². The van der Waals surface area contributed by atoms with Crippen molar-refractivity contribution in [1.82, 2.24) is 0 Å². The molecule has 0 radical (unpaired) electrons. The second-order valence-electron chi connectivity index (χ2n) is 3.92. The van der Waals surface area contributed by atoms with Gasteiger partial charge in [-0.15, -0.1) is 0 Å². The zero-order valence-corrected chi connectivity index (χ0v) is 15.5. The Labute approximate surface area is 148 Å². The van der Waals surface area contributed by atoms with E-state index >= 15 is 0 Å². The molecule has 0 aliphatic rings. The van der Waals surface area contributed by atoms with E-state index in [1.165, 1.54) is 13.2 Å². The average molecular weight is 486 g/mol. The molecule has 0 saturated carbocycles. The lowest BCUT2D eigenvalue weighted by Crippen LogP contribution is -2.04. The molecule has 0 aliphatic heterocycles. The van der Waals surface area contributed by atoms with Crippen LogP contribution in [0.25, 0.3) is 0 Å². The zero-order chi connectivity index (χ0) is 14.9. The Morgan fingerprint density at radius 3 is 2.50 bits per heavy atom. The van der Waals surface area contributed by atoms with Crippen molar-refractivity contribution < 1.29 is 9.53 Å². The van der Waals surface area contributed by atoms with E-state index in [1.807, 2.05) is 12.1 Å². The lowest BCUT2D eigenvalue weighted by atomic mass is 10.0. The summed E-state index contributed by atoms with van der Waals surface area (Å²) in [6.45, 7) is 0. The predicted molar refractivity (Wildman–Crippen MR) is 93.3 cm³/mol. The van der Waals surface area contributed by atoms with Crippen molar-refractivity contribution in [3.8, 4) is 5.75 Å². The van der Waals surface area contributed by atoms with Crippen molar-refractivity contribution in [1.29, 1.82) is 0 Å². The van der Waals surface area contributed by atoms with Crippen LogP contribution in [-0.2, 0) is 0 Å². The number of rotatable bonds is 3. The Hall–Kier alpha value is -0.300. The molecule has 6 heteroatoms. The van der Waals surface area contributed by atoms with Gasteiger partial charge >= 0.3 is 0 Å². The minimum Gasteiger partial charge on any atom is -0.495 e. The molecule has 0 spiro atoms. The number of benzene rings is 2. The maximum atomic E-state index is 12.6. The minimum absolute atomic E-state index is 0.190. The van der Waals surface area contributed by atoms with E-state index in [0.29, 0.717) is 31.4 Å². The fourth-order valence-corrected chi connectivity index (χ4v) is 3.07. The van der Waals surface area contributed by atoms with Gasteiger partial charge in [-0.3, -0.25) is 4.79 Å². The highest BCUT2D eigenvalue weighted by atomic mass is 127. The standard InChI is InChI=1S/C14H8BrCl2IO2/c1-20-13-6-11(16)9(5-12(13)17)14(19)8-4-7(18)2-3-10(8)15/h2-6H,1H3. The van der Waals surface area contributed by atoms with E-state index < -0.39 is 0 Å². The van der Waals surface area contributed by atoms with E-state index in [9.17, 15) is 4.79 Å². The SMILES string of the molecule is COc1cc(Cl)c(C(=O)c2cc(I)ccc2Br)cc1Cl. The normalized spacial score (nSPS) is 10.4. The Kier molecular flexibility index (Phi) is 5.34. The third-order valence-corrected chi connectivity index (χ3v) is 4.63. The van der Waals surface area contributed by atoms with E-state index in [-0.39, 0.29) is 5.78 Å². The van der Waals surface area contributed by atoms with Gasteiger partial charge in [0.2, 0.25) is 0 Å². The molecule has 0 unspecified atom stereocenters. The molecule has 2 aromatic carbocycles. The summed E-state index contributed by atoms with van der Waals surface area (Å²) in [5, 5.41) is 0.656. The molecule has 0 atom stereocenters. The first-order valence-corrected chi connectivity index (χ1v) is 8.09. The number of hydrogen-bond donors (Lipinski definition) is 0. The monoisotopic (exact) mass is 484 g/mol. The first-order valence-electron chi connectivity index (χ1n) is 5.47. The molecule has 0 bridgehead atoms. The van der Waals surface area contributed by atoms with Crippen molar-refractivity contribution in [2.24, 2.45) is 0 Å². The molecular weight excluding hydrogens is 478 g/mol. The molecule has 104 valence electrons. The smallest absolute Gasteiger partial charge is 0.195 e. The highest BCUT2D eigenvalue weighted by Crippen LogP contribution is 2.33. The molecule has 20 heavy (non-hydrogen) atoms. The maximum Gasteiger partial charge on any atom is 0.195 e. The van der Waals surface area contributed by atoms with Gasteiger partial charge in [0.1, 0.15) is 5.75 Å². The summed E-state index contributed by atoms with van der Waals surface area (Å²) in [7, 11) is 1.50. The van der Waals surface area contributed by atoms with Gasteiger partial charge in [-0.05, 0) is 46.9 Å². The molecule has 0 saturated heterocycles. The number of methoxy groups -OCH3 is 1. The second kappa shape index (κ2) is 6.64. The van der Waals surface area contributed by atoms with Gasteiger partial charge in [0, 0.05) is 25.2 Å². The van der Waals surface area contributed by atoms with Crippen molar-refractivity contribution in [3.63, 3.8) is 0 Å². The summed E-state index contributed by atoms with van der Waals surface area (Å²) in [5.74, 6) is 0.250. The topological polar surface area (TPSA) is 26.3 Å². The average Bonchev–Trinajstić information content (AvgIpc) is 2.42. The summed E-state index contributed by atoms with van der Waals surface area (Å²) in [5.41, 5.74) is 0.889. The van der Waals surface area contributed by atoms with Gasteiger partial charge in [-0.1, -0.05) is 39.1 Å². The van der Waals surface area contributed by atoms with Crippen molar-refractivity contribution in [2.45, 2.75) is 0 Å². The van der Waals surface area contributed by atoms with Gasteiger partial charge in [-0.2, -0.15) is 0 Å². The van der Waals surface area contributed by atoms with E-state index in [0.717, 1.165) is 3.57 Å².